The molecule has 7 rings (SSSR count). The molecule has 0 spiro atoms. The summed E-state index contributed by atoms with van der Waals surface area (Å²) in [6.45, 7) is 10.9. The predicted octanol–water partition coefficient (Wildman–Crippen LogP) is 9.09. The van der Waals surface area contributed by atoms with Gasteiger partial charge in [-0.2, -0.15) is 5.10 Å². The molecule has 0 unspecified atom stereocenters. The van der Waals surface area contributed by atoms with Crippen LogP contribution in [0.15, 0.2) is 42.5 Å². The number of rotatable bonds is 9. The number of ether oxygens (including phenoxy) is 3. The molecule has 1 aliphatic rings. The number of anilines is 1. The van der Waals surface area contributed by atoms with E-state index in [9.17, 15) is 4.79 Å². The third-order valence-electron chi connectivity index (χ3n) is 10.2. The minimum Gasteiger partial charge on any atom is -0.496 e. The van der Waals surface area contributed by atoms with Crippen molar-refractivity contribution in [3.63, 3.8) is 0 Å². The van der Waals surface area contributed by atoms with E-state index in [1.165, 1.54) is 7.11 Å². The molecule has 6 aromatic rings. The smallest absolute Gasteiger partial charge is 0.354 e. The molecule has 0 saturated heterocycles. The summed E-state index contributed by atoms with van der Waals surface area (Å²) >= 11 is 13.5. The van der Waals surface area contributed by atoms with Gasteiger partial charge in [0.2, 0.25) is 0 Å². The Bertz CT molecular complexity index is 2400. The lowest BCUT2D eigenvalue weighted by atomic mass is 9.98. The quantitative estimate of drug-likeness (QED) is 0.117. The van der Waals surface area contributed by atoms with Gasteiger partial charge in [-0.05, 0) is 101 Å². The van der Waals surface area contributed by atoms with Crippen LogP contribution in [-0.2, 0) is 18.2 Å². The highest BCUT2D eigenvalue weighted by Crippen LogP contribution is 2.46. The number of hydrogen-bond donors (Lipinski definition) is 1. The van der Waals surface area contributed by atoms with E-state index in [1.807, 2.05) is 75.8 Å². The zero-order valence-electron chi connectivity index (χ0n) is 30.5. The molecule has 0 bridgehead atoms. The summed E-state index contributed by atoms with van der Waals surface area (Å²) in [7, 11) is 4.83. The van der Waals surface area contributed by atoms with Gasteiger partial charge < -0.3 is 28.7 Å². The van der Waals surface area contributed by atoms with Crippen molar-refractivity contribution in [1.29, 1.82) is 0 Å². The number of aryl methyl sites for hydroxylation is 5. The third-order valence-corrected chi connectivity index (χ3v) is 11.1. The molecule has 0 fully saturated rings. The fourth-order valence-electron chi connectivity index (χ4n) is 7.74. The fraction of sp³-hybridized carbons (Fsp3) is 0.325. The second-order valence-corrected chi connectivity index (χ2v) is 14.3. The van der Waals surface area contributed by atoms with Crippen LogP contribution in [0.25, 0.3) is 32.9 Å². The van der Waals surface area contributed by atoms with Gasteiger partial charge in [0.1, 0.15) is 22.9 Å². The maximum absolute atomic E-state index is 15.1. The van der Waals surface area contributed by atoms with Crippen molar-refractivity contribution < 1.29 is 23.8 Å². The number of carbonyl (C=O) groups is 2. The number of halogens is 2. The highest BCUT2D eigenvalue weighted by atomic mass is 35.5. The van der Waals surface area contributed by atoms with E-state index in [-0.39, 0.29) is 17.6 Å². The zero-order chi connectivity index (χ0) is 37.2. The number of benzene rings is 3. The van der Waals surface area contributed by atoms with Crippen LogP contribution in [0, 0.1) is 27.7 Å². The first-order valence-corrected chi connectivity index (χ1v) is 18.0. The zero-order valence-corrected chi connectivity index (χ0v) is 32.0. The number of fused-ring (bicyclic) bond motifs is 4. The Kier molecular flexibility index (Phi) is 9.25. The van der Waals surface area contributed by atoms with Gasteiger partial charge in [0.05, 0.1) is 48.3 Å². The number of methoxy groups -OCH3 is 2. The summed E-state index contributed by atoms with van der Waals surface area (Å²) in [6.07, 6.45) is 1.24. The first kappa shape index (κ1) is 35.5. The minimum absolute atomic E-state index is 0.151. The van der Waals surface area contributed by atoms with Crippen molar-refractivity contribution in [3.8, 4) is 22.6 Å². The summed E-state index contributed by atoms with van der Waals surface area (Å²) in [5, 5.41) is 7.68. The molecule has 3 aromatic heterocycles. The molecule has 52 heavy (non-hydrogen) atoms. The molecule has 0 saturated carbocycles. The molecule has 1 amide bonds. The Balaban J connectivity index is 1.38. The summed E-state index contributed by atoms with van der Waals surface area (Å²) in [4.78, 5) is 32.6. The number of H-pyrrole nitrogens is 1. The Morgan fingerprint density at radius 1 is 1.00 bits per heavy atom. The molecule has 3 aromatic carbocycles. The number of nitrogens with zero attached hydrogens (tertiary/aromatic N) is 4. The number of esters is 1. The summed E-state index contributed by atoms with van der Waals surface area (Å²) in [6, 6.07) is 13.1. The van der Waals surface area contributed by atoms with E-state index in [2.05, 4.69) is 16.5 Å². The third kappa shape index (κ3) is 5.69. The summed E-state index contributed by atoms with van der Waals surface area (Å²) in [5.41, 5.74) is 9.54. The van der Waals surface area contributed by atoms with Crippen LogP contribution in [0.2, 0.25) is 10.0 Å². The number of aromatic nitrogens is 4. The molecule has 270 valence electrons. The van der Waals surface area contributed by atoms with Gasteiger partial charge in [0.15, 0.2) is 0 Å². The van der Waals surface area contributed by atoms with Crippen LogP contribution >= 0.6 is 23.2 Å². The van der Waals surface area contributed by atoms with Crippen LogP contribution < -0.4 is 14.4 Å². The molecule has 0 radical (unpaired) electrons. The average molecular weight is 743 g/mol. The van der Waals surface area contributed by atoms with Crippen LogP contribution in [-0.4, -0.2) is 58.6 Å². The number of aromatic amines is 1. The second-order valence-electron chi connectivity index (χ2n) is 13.5. The Morgan fingerprint density at radius 2 is 1.73 bits per heavy atom. The molecule has 10 nitrogen and oxygen atoms in total. The number of carbonyl (C=O) groups excluding carboxylic acids is 2. The largest absolute Gasteiger partial charge is 0.496 e. The van der Waals surface area contributed by atoms with Gasteiger partial charge >= 0.3 is 5.97 Å². The lowest BCUT2D eigenvalue weighted by Gasteiger charge is -2.34. The SMILES string of the molecule is COC(=O)c1cc2c(OC)ccc(N3C[C@@H](C)n4c(c(CCCOc5cc(C)c(Cl)c(C)c5)c5ccc(Cl)c(-c6c(C)nn(C)c6C)c54)C3=O)c2[nH]1. The number of hydrogen-bond acceptors (Lipinski definition) is 6. The lowest BCUT2D eigenvalue weighted by molar-refractivity contribution is 0.0595. The minimum atomic E-state index is -0.513. The first-order valence-electron chi connectivity index (χ1n) is 17.2. The van der Waals surface area contributed by atoms with Crippen molar-refractivity contribution >= 4 is 62.6 Å². The van der Waals surface area contributed by atoms with Gasteiger partial charge in [0, 0.05) is 52.3 Å². The van der Waals surface area contributed by atoms with E-state index >= 15 is 4.79 Å². The van der Waals surface area contributed by atoms with E-state index in [0.29, 0.717) is 59.0 Å². The fourth-order valence-corrected chi connectivity index (χ4v) is 8.09. The maximum atomic E-state index is 15.1. The Labute approximate surface area is 312 Å². The lowest BCUT2D eigenvalue weighted by Crippen LogP contribution is -2.42. The topological polar surface area (TPSA) is 104 Å². The van der Waals surface area contributed by atoms with Crippen molar-refractivity contribution in [2.45, 2.75) is 53.5 Å². The van der Waals surface area contributed by atoms with Gasteiger partial charge in [-0.25, -0.2) is 4.79 Å². The van der Waals surface area contributed by atoms with Gasteiger partial charge in [-0.1, -0.05) is 29.3 Å². The molecule has 1 N–H and O–H groups in total. The van der Waals surface area contributed by atoms with E-state index in [1.54, 1.807) is 18.1 Å². The molecule has 1 aliphatic heterocycles. The van der Waals surface area contributed by atoms with E-state index < -0.39 is 5.97 Å². The van der Waals surface area contributed by atoms with Gasteiger partial charge in [-0.3, -0.25) is 9.48 Å². The van der Waals surface area contributed by atoms with Crippen LogP contribution in [0.4, 0.5) is 5.69 Å². The normalized spacial score (nSPS) is 14.4. The first-order chi connectivity index (χ1) is 24.9. The molecular weight excluding hydrogens is 701 g/mol. The van der Waals surface area contributed by atoms with Crippen molar-refractivity contribution in [3.05, 3.63) is 92.0 Å². The highest BCUT2D eigenvalue weighted by molar-refractivity contribution is 6.35. The standard InChI is InChI=1S/C40H41Cl2N5O5/c1-20-16-25(17-21(2)35(20)42)52-15-9-10-26-27-11-12-29(41)34(33-23(4)44-45(6)24(33)5)37(27)47-22(3)19-46(39(48)38(26)47)31-13-14-32(50-7)28-18-30(40(49)51-8)43-36(28)31/h11-14,16-18,22,43H,9-10,15,19H2,1-8H3/t22-/m1/s1. The van der Waals surface area contributed by atoms with E-state index in [4.69, 9.17) is 42.5 Å². The Hall–Kier alpha value is -4.93. The molecule has 4 heterocycles. The molecular formula is C40H41Cl2N5O5. The maximum Gasteiger partial charge on any atom is 0.354 e. The van der Waals surface area contributed by atoms with E-state index in [0.717, 1.165) is 60.9 Å². The monoisotopic (exact) mass is 741 g/mol. The Morgan fingerprint density at radius 3 is 2.38 bits per heavy atom. The number of nitrogens with one attached hydrogen (secondary N) is 1. The van der Waals surface area contributed by atoms with Crippen LogP contribution in [0.3, 0.4) is 0 Å². The van der Waals surface area contributed by atoms with Crippen LogP contribution in [0.1, 0.15) is 68.4 Å². The molecule has 1 atom stereocenters. The van der Waals surface area contributed by atoms with Crippen molar-refractivity contribution in [2.24, 2.45) is 7.05 Å². The van der Waals surface area contributed by atoms with Crippen molar-refractivity contribution in [1.82, 2.24) is 19.3 Å². The summed E-state index contributed by atoms with van der Waals surface area (Å²) < 4.78 is 20.9. The van der Waals surface area contributed by atoms with Crippen molar-refractivity contribution in [2.75, 3.05) is 32.3 Å². The highest BCUT2D eigenvalue weighted by Gasteiger charge is 2.37. The van der Waals surface area contributed by atoms with Crippen LogP contribution in [0.5, 0.6) is 11.5 Å². The summed E-state index contributed by atoms with van der Waals surface area (Å²) in [5.74, 6) is 0.666. The second kappa shape index (κ2) is 13.6. The van der Waals surface area contributed by atoms with Gasteiger partial charge in [-0.15, -0.1) is 0 Å². The average Bonchev–Trinajstić information content (AvgIpc) is 3.78. The van der Waals surface area contributed by atoms with Gasteiger partial charge in [0.25, 0.3) is 5.91 Å². The number of amides is 1. The molecule has 12 heteroatoms. The predicted molar refractivity (Wildman–Crippen MR) is 206 cm³/mol. The molecule has 0 aliphatic carbocycles.